The maximum absolute atomic E-state index is 12.6. The molecule has 2 rings (SSSR count). The van der Waals surface area contributed by atoms with Crippen molar-refractivity contribution < 1.29 is 19.5 Å². The lowest BCUT2D eigenvalue weighted by Gasteiger charge is -2.36. The summed E-state index contributed by atoms with van der Waals surface area (Å²) in [5, 5.41) is 11.7. The van der Waals surface area contributed by atoms with Crippen molar-refractivity contribution in [3.63, 3.8) is 0 Å². The first-order valence-electron chi connectivity index (χ1n) is 7.11. The third-order valence-electron chi connectivity index (χ3n) is 3.70. The quantitative estimate of drug-likeness (QED) is 0.757. The monoisotopic (exact) mass is 283 g/mol. The van der Waals surface area contributed by atoms with Gasteiger partial charge in [0, 0.05) is 19.1 Å². The molecule has 2 aliphatic rings. The molecule has 2 N–H and O–H groups in total. The van der Waals surface area contributed by atoms with Crippen LogP contribution >= 0.6 is 0 Å². The molecule has 0 spiro atoms. The number of aliphatic carboxylic acids is 1. The number of amides is 3. The van der Waals surface area contributed by atoms with Crippen LogP contribution in [0.3, 0.4) is 0 Å². The molecule has 2 fully saturated rings. The average molecular weight is 283 g/mol. The first-order chi connectivity index (χ1) is 9.54. The van der Waals surface area contributed by atoms with Crippen molar-refractivity contribution in [1.29, 1.82) is 0 Å². The van der Waals surface area contributed by atoms with Crippen LogP contribution in [0, 0.1) is 0 Å². The molecule has 1 aliphatic carbocycles. The highest BCUT2D eigenvalue weighted by molar-refractivity contribution is 5.90. The summed E-state index contributed by atoms with van der Waals surface area (Å²) in [5.41, 5.74) is 0. The number of hydrogen-bond acceptors (Lipinski definition) is 3. The van der Waals surface area contributed by atoms with Crippen molar-refractivity contribution in [1.82, 2.24) is 15.1 Å². The van der Waals surface area contributed by atoms with Crippen molar-refractivity contribution in [2.75, 3.05) is 19.6 Å². The van der Waals surface area contributed by atoms with Gasteiger partial charge in [-0.3, -0.25) is 9.69 Å². The fraction of sp³-hybridized carbons (Fsp3) is 0.769. The zero-order valence-corrected chi connectivity index (χ0v) is 11.7. The van der Waals surface area contributed by atoms with Gasteiger partial charge >= 0.3 is 12.0 Å². The second-order valence-electron chi connectivity index (χ2n) is 5.35. The van der Waals surface area contributed by atoms with Gasteiger partial charge in [-0.2, -0.15) is 0 Å². The van der Waals surface area contributed by atoms with E-state index in [-0.39, 0.29) is 31.1 Å². The highest BCUT2D eigenvalue weighted by Gasteiger charge is 2.41. The van der Waals surface area contributed by atoms with E-state index in [1.54, 1.807) is 4.90 Å². The Bertz CT molecular complexity index is 408. The van der Waals surface area contributed by atoms with E-state index in [1.807, 2.05) is 6.92 Å². The summed E-state index contributed by atoms with van der Waals surface area (Å²) in [6.45, 7) is 2.48. The van der Waals surface area contributed by atoms with Crippen LogP contribution in [0.1, 0.15) is 32.6 Å². The Morgan fingerprint density at radius 2 is 2.15 bits per heavy atom. The molecule has 1 saturated heterocycles. The van der Waals surface area contributed by atoms with Gasteiger partial charge in [-0.15, -0.1) is 0 Å². The van der Waals surface area contributed by atoms with Crippen molar-refractivity contribution in [3.8, 4) is 0 Å². The van der Waals surface area contributed by atoms with Gasteiger partial charge in [0.05, 0.1) is 0 Å². The molecule has 1 atom stereocenters. The molecule has 3 amide bonds. The van der Waals surface area contributed by atoms with E-state index in [0.29, 0.717) is 6.54 Å². The molecule has 1 saturated carbocycles. The maximum atomic E-state index is 12.6. The smallest absolute Gasteiger partial charge is 0.328 e. The lowest BCUT2D eigenvalue weighted by molar-refractivity contribution is -0.144. The van der Waals surface area contributed by atoms with Crippen molar-refractivity contribution in [3.05, 3.63) is 0 Å². The molecule has 20 heavy (non-hydrogen) atoms. The summed E-state index contributed by atoms with van der Waals surface area (Å²) in [6.07, 6.45) is 3.79. The second kappa shape index (κ2) is 6.11. The van der Waals surface area contributed by atoms with Crippen LogP contribution in [0.2, 0.25) is 0 Å². The predicted molar refractivity (Wildman–Crippen MR) is 71.2 cm³/mol. The molecule has 1 heterocycles. The van der Waals surface area contributed by atoms with Gasteiger partial charge < -0.3 is 15.3 Å². The largest absolute Gasteiger partial charge is 0.480 e. The minimum atomic E-state index is -1.08. The van der Waals surface area contributed by atoms with Crippen molar-refractivity contribution in [2.24, 2.45) is 0 Å². The van der Waals surface area contributed by atoms with Gasteiger partial charge in [0.15, 0.2) is 0 Å². The minimum Gasteiger partial charge on any atom is -0.480 e. The lowest BCUT2D eigenvalue weighted by Crippen LogP contribution is -2.62. The number of carboxylic acids is 1. The number of carbonyl (C=O) groups is 3. The number of urea groups is 1. The highest BCUT2D eigenvalue weighted by atomic mass is 16.4. The lowest BCUT2D eigenvalue weighted by atomic mass is 10.2. The first-order valence-corrected chi connectivity index (χ1v) is 7.11. The van der Waals surface area contributed by atoms with E-state index >= 15 is 0 Å². The molecule has 1 unspecified atom stereocenters. The number of unbranched alkanes of at least 4 members (excludes halogenated alkanes) is 1. The van der Waals surface area contributed by atoms with Crippen molar-refractivity contribution in [2.45, 2.75) is 44.7 Å². The van der Waals surface area contributed by atoms with Crippen LogP contribution in [0.4, 0.5) is 4.79 Å². The molecule has 0 radical (unpaired) electrons. The Balaban J connectivity index is 2.09. The number of carbonyl (C=O) groups excluding carboxylic acids is 2. The van der Waals surface area contributed by atoms with Crippen LogP contribution in [-0.2, 0) is 9.59 Å². The summed E-state index contributed by atoms with van der Waals surface area (Å²) in [4.78, 5) is 38.2. The summed E-state index contributed by atoms with van der Waals surface area (Å²) in [7, 11) is 0. The standard InChI is InChI=1S/C13H21N3O4/c1-2-3-6-15(9-4-5-9)13(20)16-8-11(17)14-7-10(16)12(18)19/h9-10H,2-8H2,1H3,(H,14,17)(H,18,19). The molecule has 0 bridgehead atoms. The van der Waals surface area contributed by atoms with Gasteiger partial charge in [-0.1, -0.05) is 13.3 Å². The first kappa shape index (κ1) is 14.6. The number of piperazine rings is 1. The number of hydrogen-bond donors (Lipinski definition) is 2. The zero-order valence-electron chi connectivity index (χ0n) is 11.7. The van der Waals surface area contributed by atoms with Gasteiger partial charge in [0.2, 0.25) is 5.91 Å². The molecular weight excluding hydrogens is 262 g/mol. The predicted octanol–water partition coefficient (Wildman–Crippen LogP) is 0.256. The maximum Gasteiger partial charge on any atom is 0.328 e. The molecule has 0 aromatic carbocycles. The fourth-order valence-corrected chi connectivity index (χ4v) is 2.38. The van der Waals surface area contributed by atoms with Crippen LogP contribution < -0.4 is 5.32 Å². The summed E-state index contributed by atoms with van der Waals surface area (Å²) >= 11 is 0. The number of rotatable bonds is 5. The van der Waals surface area contributed by atoms with E-state index in [9.17, 15) is 19.5 Å². The third kappa shape index (κ3) is 3.20. The molecule has 7 heteroatoms. The number of nitrogens with one attached hydrogen (secondary N) is 1. The molecule has 112 valence electrons. The van der Waals surface area contributed by atoms with Crippen LogP contribution in [0.5, 0.6) is 0 Å². The van der Waals surface area contributed by atoms with E-state index in [0.717, 1.165) is 25.7 Å². The minimum absolute atomic E-state index is 0.0216. The Morgan fingerprint density at radius 3 is 2.70 bits per heavy atom. The fourth-order valence-electron chi connectivity index (χ4n) is 2.38. The van der Waals surface area contributed by atoms with Crippen LogP contribution in [0.25, 0.3) is 0 Å². The van der Waals surface area contributed by atoms with E-state index in [2.05, 4.69) is 5.32 Å². The Kier molecular flexibility index (Phi) is 4.46. The Labute approximate surface area is 117 Å². The van der Waals surface area contributed by atoms with Crippen LogP contribution in [0.15, 0.2) is 0 Å². The summed E-state index contributed by atoms with van der Waals surface area (Å²) in [6, 6.07) is -1.07. The van der Waals surface area contributed by atoms with E-state index < -0.39 is 12.0 Å². The zero-order chi connectivity index (χ0) is 14.7. The number of carboxylic acid groups (broad SMARTS) is 1. The van der Waals surface area contributed by atoms with Crippen LogP contribution in [-0.4, -0.2) is 64.5 Å². The second-order valence-corrected chi connectivity index (χ2v) is 5.35. The molecule has 7 nitrogen and oxygen atoms in total. The topological polar surface area (TPSA) is 90.0 Å². The molecule has 0 aromatic rings. The third-order valence-corrected chi connectivity index (χ3v) is 3.70. The Hall–Kier alpha value is -1.79. The molecule has 1 aliphatic heterocycles. The normalized spacial score (nSPS) is 22.4. The number of nitrogens with zero attached hydrogens (tertiary/aromatic N) is 2. The molecule has 0 aromatic heterocycles. The SMILES string of the molecule is CCCCN(C(=O)N1CC(=O)NCC1C(=O)O)C1CC1. The van der Waals surface area contributed by atoms with E-state index in [4.69, 9.17) is 0 Å². The van der Waals surface area contributed by atoms with Crippen molar-refractivity contribution >= 4 is 17.9 Å². The summed E-state index contributed by atoms with van der Waals surface area (Å²) in [5.74, 6) is -1.38. The van der Waals surface area contributed by atoms with Gasteiger partial charge in [0.1, 0.15) is 12.6 Å². The summed E-state index contributed by atoms with van der Waals surface area (Å²) < 4.78 is 0. The van der Waals surface area contributed by atoms with E-state index in [1.165, 1.54) is 4.90 Å². The highest BCUT2D eigenvalue weighted by Crippen LogP contribution is 2.28. The van der Waals surface area contributed by atoms with Gasteiger partial charge in [0.25, 0.3) is 0 Å². The average Bonchev–Trinajstić information content (AvgIpc) is 3.23. The van der Waals surface area contributed by atoms with Gasteiger partial charge in [-0.05, 0) is 19.3 Å². The van der Waals surface area contributed by atoms with Gasteiger partial charge in [-0.25, -0.2) is 9.59 Å². The molecular formula is C13H21N3O4. The Morgan fingerprint density at radius 1 is 1.45 bits per heavy atom.